The van der Waals surface area contributed by atoms with E-state index in [0.717, 1.165) is 0 Å². The van der Waals surface area contributed by atoms with Gasteiger partial charge in [-0.2, -0.15) is 0 Å². The third-order valence-corrected chi connectivity index (χ3v) is 2.04. The fourth-order valence-electron chi connectivity index (χ4n) is 1.34. The van der Waals surface area contributed by atoms with Crippen LogP contribution >= 0.6 is 0 Å². The first-order valence-corrected chi connectivity index (χ1v) is 3.73. The van der Waals surface area contributed by atoms with E-state index in [1.165, 1.54) is 7.11 Å². The van der Waals surface area contributed by atoms with Crippen LogP contribution in [0, 0.1) is 5.92 Å². The van der Waals surface area contributed by atoms with Crippen molar-refractivity contribution in [3.05, 3.63) is 0 Å². The van der Waals surface area contributed by atoms with Gasteiger partial charge in [0.05, 0.1) is 12.7 Å². The molecular weight excluding hydrogens is 160 g/mol. The van der Waals surface area contributed by atoms with E-state index in [2.05, 4.69) is 4.74 Å². The molecule has 1 aliphatic heterocycles. The van der Waals surface area contributed by atoms with Crippen molar-refractivity contribution < 1.29 is 19.1 Å². The number of Topliss-reactive ketones (excluding diaryl/α,β-unsaturated/α-hetero) is 1. The second-order valence-electron chi connectivity index (χ2n) is 3.31. The lowest BCUT2D eigenvalue weighted by atomic mass is 9.90. The fourth-order valence-corrected chi connectivity index (χ4v) is 1.34. The lowest BCUT2D eigenvalue weighted by Gasteiger charge is -2.21. The minimum Gasteiger partial charge on any atom is -0.468 e. The number of ether oxygens (including phenoxy) is 2. The fraction of sp³-hybridized carbons (Fsp3) is 0.750. The summed E-state index contributed by atoms with van der Waals surface area (Å²) in [5, 5.41) is 0. The molecule has 1 aliphatic rings. The van der Waals surface area contributed by atoms with Crippen molar-refractivity contribution in [2.45, 2.75) is 19.4 Å². The molecule has 0 aliphatic carbocycles. The second kappa shape index (κ2) is 2.86. The molecule has 68 valence electrons. The van der Waals surface area contributed by atoms with Crippen molar-refractivity contribution in [1.82, 2.24) is 0 Å². The van der Waals surface area contributed by atoms with E-state index in [9.17, 15) is 9.59 Å². The molecule has 0 aromatic rings. The van der Waals surface area contributed by atoms with Crippen molar-refractivity contribution in [2.24, 2.45) is 5.92 Å². The first-order chi connectivity index (χ1) is 5.49. The average Bonchev–Trinajstić information content (AvgIpc) is 2.25. The Bertz CT molecular complexity index is 219. The van der Waals surface area contributed by atoms with Crippen LogP contribution in [0.15, 0.2) is 0 Å². The SMILES string of the molecule is COC(=O)C1C(=O)COC1(C)C. The molecular formula is C8H12O4. The molecule has 0 bridgehead atoms. The van der Waals surface area contributed by atoms with Crippen LogP contribution in [0.5, 0.6) is 0 Å². The molecule has 12 heavy (non-hydrogen) atoms. The third kappa shape index (κ3) is 1.34. The molecule has 4 heteroatoms. The topological polar surface area (TPSA) is 52.6 Å². The first kappa shape index (κ1) is 9.19. The Hall–Kier alpha value is -0.900. The summed E-state index contributed by atoms with van der Waals surface area (Å²) in [6.45, 7) is 3.42. The highest BCUT2D eigenvalue weighted by molar-refractivity contribution is 6.02. The summed E-state index contributed by atoms with van der Waals surface area (Å²) < 4.78 is 9.64. The van der Waals surface area contributed by atoms with Gasteiger partial charge in [-0.1, -0.05) is 0 Å². The van der Waals surface area contributed by atoms with E-state index in [1.807, 2.05) is 0 Å². The maximum atomic E-state index is 11.2. The zero-order valence-electron chi connectivity index (χ0n) is 7.42. The molecule has 1 unspecified atom stereocenters. The quantitative estimate of drug-likeness (QED) is 0.417. The lowest BCUT2D eigenvalue weighted by molar-refractivity contribution is -0.152. The Morgan fingerprint density at radius 2 is 2.25 bits per heavy atom. The third-order valence-electron chi connectivity index (χ3n) is 2.04. The van der Waals surface area contributed by atoms with Crippen molar-refractivity contribution in [3.63, 3.8) is 0 Å². The maximum Gasteiger partial charge on any atom is 0.319 e. The molecule has 1 fully saturated rings. The number of hydrogen-bond donors (Lipinski definition) is 0. The van der Waals surface area contributed by atoms with Gasteiger partial charge in [-0.15, -0.1) is 0 Å². The molecule has 1 atom stereocenters. The summed E-state index contributed by atoms with van der Waals surface area (Å²) in [4.78, 5) is 22.3. The first-order valence-electron chi connectivity index (χ1n) is 3.73. The zero-order chi connectivity index (χ0) is 9.35. The highest BCUT2D eigenvalue weighted by Crippen LogP contribution is 2.29. The highest BCUT2D eigenvalue weighted by atomic mass is 16.5. The van der Waals surface area contributed by atoms with Gasteiger partial charge in [-0.25, -0.2) is 0 Å². The Morgan fingerprint density at radius 1 is 1.67 bits per heavy atom. The number of esters is 1. The number of ketones is 1. The van der Waals surface area contributed by atoms with E-state index in [1.54, 1.807) is 13.8 Å². The van der Waals surface area contributed by atoms with Gasteiger partial charge >= 0.3 is 5.97 Å². The van der Waals surface area contributed by atoms with Crippen LogP contribution in [0.1, 0.15) is 13.8 Å². The molecule has 1 saturated heterocycles. The number of rotatable bonds is 1. The minimum absolute atomic E-state index is 0.00671. The average molecular weight is 172 g/mol. The summed E-state index contributed by atoms with van der Waals surface area (Å²) in [5.74, 6) is -1.48. The number of hydrogen-bond acceptors (Lipinski definition) is 4. The molecule has 0 radical (unpaired) electrons. The standard InChI is InChI=1S/C8H12O4/c1-8(2)6(7(10)11-3)5(9)4-12-8/h6H,4H2,1-3H3. The Balaban J connectivity index is 2.85. The minimum atomic E-state index is -0.762. The maximum absolute atomic E-state index is 11.2. The Kier molecular flexibility index (Phi) is 2.19. The Labute approximate surface area is 70.8 Å². The summed E-state index contributed by atoms with van der Waals surface area (Å²) in [6.07, 6.45) is 0. The molecule has 4 nitrogen and oxygen atoms in total. The summed E-state index contributed by atoms with van der Waals surface area (Å²) in [7, 11) is 1.27. The zero-order valence-corrected chi connectivity index (χ0v) is 7.42. The van der Waals surface area contributed by atoms with Gasteiger partial charge in [0.2, 0.25) is 0 Å². The van der Waals surface area contributed by atoms with Crippen LogP contribution in [0.25, 0.3) is 0 Å². The van der Waals surface area contributed by atoms with Crippen LogP contribution < -0.4 is 0 Å². The van der Waals surface area contributed by atoms with Crippen LogP contribution in [-0.2, 0) is 19.1 Å². The van der Waals surface area contributed by atoms with Gasteiger partial charge in [-0.3, -0.25) is 9.59 Å². The molecule has 0 saturated carbocycles. The Morgan fingerprint density at radius 3 is 2.58 bits per heavy atom. The van der Waals surface area contributed by atoms with Crippen molar-refractivity contribution in [3.8, 4) is 0 Å². The van der Waals surface area contributed by atoms with Gasteiger partial charge in [0.15, 0.2) is 5.78 Å². The predicted molar refractivity (Wildman–Crippen MR) is 40.5 cm³/mol. The van der Waals surface area contributed by atoms with E-state index in [0.29, 0.717) is 0 Å². The molecule has 0 aromatic carbocycles. The van der Waals surface area contributed by atoms with Crippen LogP contribution in [-0.4, -0.2) is 31.1 Å². The highest BCUT2D eigenvalue weighted by Gasteiger charge is 2.47. The van der Waals surface area contributed by atoms with Crippen LogP contribution in [0.4, 0.5) is 0 Å². The van der Waals surface area contributed by atoms with E-state index < -0.39 is 17.5 Å². The van der Waals surface area contributed by atoms with Crippen molar-refractivity contribution >= 4 is 11.8 Å². The molecule has 0 N–H and O–H groups in total. The lowest BCUT2D eigenvalue weighted by Crippen LogP contribution is -2.37. The molecule has 1 heterocycles. The predicted octanol–water partition coefficient (Wildman–Crippen LogP) is 0.153. The molecule has 0 spiro atoms. The summed E-state index contributed by atoms with van der Waals surface area (Å²) in [5.41, 5.74) is -0.718. The molecule has 1 rings (SSSR count). The van der Waals surface area contributed by atoms with Gasteiger partial charge < -0.3 is 9.47 Å². The summed E-state index contributed by atoms with van der Waals surface area (Å²) in [6, 6.07) is 0. The second-order valence-corrected chi connectivity index (χ2v) is 3.31. The largest absolute Gasteiger partial charge is 0.468 e. The van der Waals surface area contributed by atoms with Gasteiger partial charge in [0, 0.05) is 0 Å². The summed E-state index contributed by atoms with van der Waals surface area (Å²) >= 11 is 0. The van der Waals surface area contributed by atoms with Gasteiger partial charge in [0.1, 0.15) is 12.5 Å². The van der Waals surface area contributed by atoms with E-state index in [4.69, 9.17) is 4.74 Å². The van der Waals surface area contributed by atoms with E-state index >= 15 is 0 Å². The van der Waals surface area contributed by atoms with E-state index in [-0.39, 0.29) is 12.4 Å². The number of carbonyl (C=O) groups excluding carboxylic acids is 2. The number of methoxy groups -OCH3 is 1. The molecule has 0 amide bonds. The normalized spacial score (nSPS) is 27.2. The monoisotopic (exact) mass is 172 g/mol. The van der Waals surface area contributed by atoms with Crippen molar-refractivity contribution in [1.29, 1.82) is 0 Å². The van der Waals surface area contributed by atoms with Gasteiger partial charge in [0.25, 0.3) is 0 Å². The van der Waals surface area contributed by atoms with Crippen LogP contribution in [0.3, 0.4) is 0 Å². The van der Waals surface area contributed by atoms with Crippen LogP contribution in [0.2, 0.25) is 0 Å². The number of carbonyl (C=O) groups is 2. The smallest absolute Gasteiger partial charge is 0.319 e. The van der Waals surface area contributed by atoms with Crippen molar-refractivity contribution in [2.75, 3.05) is 13.7 Å². The molecule has 0 aromatic heterocycles. The van der Waals surface area contributed by atoms with Gasteiger partial charge in [-0.05, 0) is 13.8 Å².